The maximum atomic E-state index is 13.8. The summed E-state index contributed by atoms with van der Waals surface area (Å²) in [4.78, 5) is 49.2. The highest BCUT2D eigenvalue weighted by atomic mass is 35.5. The molecule has 4 aliphatic rings. The van der Waals surface area contributed by atoms with Gasteiger partial charge in [-0.25, -0.2) is 9.59 Å². The van der Waals surface area contributed by atoms with E-state index in [4.69, 9.17) is 30.5 Å². The van der Waals surface area contributed by atoms with Crippen LogP contribution in [-0.2, 0) is 28.5 Å². The summed E-state index contributed by atoms with van der Waals surface area (Å²) in [5.41, 5.74) is -2.65. The third kappa shape index (κ3) is 3.75. The molecule has 1 N–H and O–H groups in total. The number of hydrogen-bond acceptors (Lipinski definition) is 9. The van der Waals surface area contributed by atoms with Crippen molar-refractivity contribution in [2.75, 3.05) is 20.3 Å². The topological polar surface area (TPSA) is 125 Å². The molecule has 10 heteroatoms. The summed E-state index contributed by atoms with van der Waals surface area (Å²) in [5, 5.41) is 11.8. The lowest BCUT2D eigenvalue weighted by Crippen LogP contribution is -2.69. The number of halogens is 1. The number of allylic oxidation sites excluding steroid dienone is 4. The predicted octanol–water partition coefficient (Wildman–Crippen LogP) is 4.14. The maximum absolute atomic E-state index is 13.8. The van der Waals surface area contributed by atoms with E-state index in [-0.39, 0.29) is 30.6 Å². The Morgan fingerprint density at radius 2 is 1.86 bits per heavy atom. The van der Waals surface area contributed by atoms with Gasteiger partial charge in [-0.2, -0.15) is 0 Å². The van der Waals surface area contributed by atoms with Crippen molar-refractivity contribution in [2.45, 2.75) is 70.0 Å². The number of alkyl halides is 1. The Morgan fingerprint density at radius 1 is 1.16 bits per heavy atom. The molecule has 3 fully saturated rings. The van der Waals surface area contributed by atoms with Crippen LogP contribution in [0.15, 0.2) is 23.8 Å². The van der Waals surface area contributed by atoms with Crippen molar-refractivity contribution in [2.24, 2.45) is 28.6 Å². The predicted molar refractivity (Wildman–Crippen MR) is 132 cm³/mol. The van der Waals surface area contributed by atoms with E-state index in [1.165, 1.54) is 6.08 Å². The molecule has 37 heavy (non-hydrogen) atoms. The summed E-state index contributed by atoms with van der Waals surface area (Å²) < 4.78 is 20.4. The van der Waals surface area contributed by atoms with Gasteiger partial charge in [0.2, 0.25) is 5.78 Å². The first kappa shape index (κ1) is 27.6. The molecule has 3 saturated carbocycles. The minimum Gasteiger partial charge on any atom is -0.438 e. The minimum atomic E-state index is -1.73. The van der Waals surface area contributed by atoms with Crippen molar-refractivity contribution in [1.82, 2.24) is 0 Å². The van der Waals surface area contributed by atoms with Crippen molar-refractivity contribution < 1.29 is 43.2 Å². The zero-order valence-corrected chi connectivity index (χ0v) is 22.6. The molecule has 9 nitrogen and oxygen atoms in total. The monoisotopic (exact) mass is 538 g/mol. The fourth-order valence-corrected chi connectivity index (χ4v) is 8.49. The van der Waals surface area contributed by atoms with Gasteiger partial charge >= 0.3 is 12.3 Å². The van der Waals surface area contributed by atoms with Crippen LogP contribution < -0.4 is 0 Å². The lowest BCUT2D eigenvalue weighted by Gasteiger charge is -2.64. The van der Waals surface area contributed by atoms with Crippen molar-refractivity contribution >= 4 is 35.5 Å². The normalized spacial score (nSPS) is 42.0. The second-order valence-corrected chi connectivity index (χ2v) is 11.7. The van der Waals surface area contributed by atoms with Crippen molar-refractivity contribution in [3.8, 4) is 0 Å². The smallest absolute Gasteiger partial charge is 0.438 e. The molecule has 0 aromatic carbocycles. The Kier molecular flexibility index (Phi) is 7.03. The number of rotatable bonds is 5. The second-order valence-electron chi connectivity index (χ2n) is 11.1. The standard InChI is InChI=1S/C27H35ClO9/c1-6-35-23(33)36-14-21(31)27(37-22(32)34-5)15(2)11-19-18-8-7-16-12-17(29)9-10-24(16,3)26(18,28)20(30)13-25(19,27)4/h9-10,12,15,18-20,30H,6-8,11,13-14H2,1-5H3/t15-,18+,19+,20?,24+,25+,26+,27+/m1/s1. The molecule has 1 unspecified atom stereocenters. The van der Waals surface area contributed by atoms with E-state index in [1.807, 2.05) is 20.8 Å². The molecule has 0 heterocycles. The zero-order valence-electron chi connectivity index (χ0n) is 21.9. The van der Waals surface area contributed by atoms with E-state index in [0.717, 1.165) is 12.7 Å². The van der Waals surface area contributed by atoms with Gasteiger partial charge in [-0.1, -0.05) is 32.4 Å². The molecular formula is C27H35ClO9. The van der Waals surface area contributed by atoms with Gasteiger partial charge in [-0.3, -0.25) is 9.59 Å². The average Bonchev–Trinajstić information content (AvgIpc) is 3.06. The molecule has 0 saturated heterocycles. The molecule has 204 valence electrons. The molecule has 0 radical (unpaired) electrons. The van der Waals surface area contributed by atoms with Crippen LogP contribution in [0.1, 0.15) is 53.4 Å². The summed E-state index contributed by atoms with van der Waals surface area (Å²) >= 11 is 7.45. The van der Waals surface area contributed by atoms with Gasteiger partial charge in [0.05, 0.1) is 24.7 Å². The van der Waals surface area contributed by atoms with Crippen LogP contribution >= 0.6 is 11.6 Å². The van der Waals surface area contributed by atoms with E-state index in [9.17, 15) is 24.3 Å². The van der Waals surface area contributed by atoms with Gasteiger partial charge in [0, 0.05) is 16.7 Å². The highest BCUT2D eigenvalue weighted by Gasteiger charge is 2.76. The molecule has 8 atom stereocenters. The summed E-state index contributed by atoms with van der Waals surface area (Å²) in [6.07, 6.45) is 3.51. The number of methoxy groups -OCH3 is 1. The Morgan fingerprint density at radius 3 is 2.51 bits per heavy atom. The van der Waals surface area contributed by atoms with Crippen LogP contribution in [-0.4, -0.2) is 65.9 Å². The summed E-state index contributed by atoms with van der Waals surface area (Å²) in [6, 6.07) is 0. The fraction of sp³-hybridized carbons (Fsp3) is 0.704. The molecule has 0 aromatic heterocycles. The van der Waals surface area contributed by atoms with Gasteiger partial charge in [0.1, 0.15) is 0 Å². The Labute approximate surface area is 221 Å². The number of aliphatic hydroxyl groups is 1. The van der Waals surface area contributed by atoms with E-state index >= 15 is 0 Å². The van der Waals surface area contributed by atoms with E-state index in [0.29, 0.717) is 19.3 Å². The fourth-order valence-electron chi connectivity index (χ4n) is 7.96. The zero-order chi connectivity index (χ0) is 27.4. The molecule has 0 bridgehead atoms. The van der Waals surface area contributed by atoms with Crippen LogP contribution in [0.25, 0.3) is 0 Å². The van der Waals surface area contributed by atoms with Gasteiger partial charge < -0.3 is 24.1 Å². The first-order chi connectivity index (χ1) is 17.3. The summed E-state index contributed by atoms with van der Waals surface area (Å²) in [5.74, 6) is -1.67. The van der Waals surface area contributed by atoms with E-state index in [2.05, 4.69) is 0 Å². The first-order valence-electron chi connectivity index (χ1n) is 12.7. The van der Waals surface area contributed by atoms with Gasteiger partial charge in [0.15, 0.2) is 18.0 Å². The summed E-state index contributed by atoms with van der Waals surface area (Å²) in [7, 11) is 1.15. The van der Waals surface area contributed by atoms with Crippen LogP contribution in [0.2, 0.25) is 0 Å². The Hall–Kier alpha value is -2.39. The molecular weight excluding hydrogens is 504 g/mol. The van der Waals surface area contributed by atoms with E-state index < -0.39 is 58.0 Å². The molecule has 4 rings (SSSR count). The minimum absolute atomic E-state index is 0.0504. The number of aliphatic hydroxyl groups excluding tert-OH is 1. The molecule has 0 spiro atoms. The molecule has 0 aliphatic heterocycles. The number of carbonyl (C=O) groups excluding carboxylic acids is 4. The number of fused-ring (bicyclic) bond motifs is 5. The van der Waals surface area contributed by atoms with Crippen molar-refractivity contribution in [3.63, 3.8) is 0 Å². The number of carbonyl (C=O) groups is 4. The quantitative estimate of drug-likeness (QED) is 0.406. The third-order valence-corrected chi connectivity index (χ3v) is 10.5. The number of ether oxygens (including phenoxy) is 4. The average molecular weight is 539 g/mol. The lowest BCUT2D eigenvalue weighted by atomic mass is 9.45. The van der Waals surface area contributed by atoms with E-state index in [1.54, 1.807) is 19.1 Å². The molecule has 0 aromatic rings. The first-order valence-corrected chi connectivity index (χ1v) is 13.1. The second kappa shape index (κ2) is 9.42. The SMILES string of the molecule is CCOC(=O)OCC(=O)[C@@]1(OC(=O)OC)[C@H](C)C[C@H]2[C@@H]3CCC4=CC(=O)C=C[C@]4(C)[C@@]3(Cl)C(O)C[C@@]21C. The van der Waals surface area contributed by atoms with Crippen LogP contribution in [0.3, 0.4) is 0 Å². The maximum Gasteiger partial charge on any atom is 0.509 e. The van der Waals surface area contributed by atoms with Gasteiger partial charge in [-0.05, 0) is 56.6 Å². The Balaban J connectivity index is 1.77. The number of ketones is 2. The highest BCUT2D eigenvalue weighted by Crippen LogP contribution is 2.72. The third-order valence-electron chi connectivity index (χ3n) is 9.59. The van der Waals surface area contributed by atoms with Crippen LogP contribution in [0, 0.1) is 28.6 Å². The number of Topliss-reactive ketones (excluding diaryl/α,β-unsaturated/α-hetero) is 1. The van der Waals surface area contributed by atoms with Crippen LogP contribution in [0.4, 0.5) is 9.59 Å². The molecule has 0 amide bonds. The summed E-state index contributed by atoms with van der Waals surface area (Å²) in [6.45, 7) is 6.62. The van der Waals surface area contributed by atoms with Crippen molar-refractivity contribution in [3.05, 3.63) is 23.8 Å². The van der Waals surface area contributed by atoms with Crippen LogP contribution in [0.5, 0.6) is 0 Å². The van der Waals surface area contributed by atoms with Gasteiger partial charge in [0.25, 0.3) is 0 Å². The highest BCUT2D eigenvalue weighted by molar-refractivity contribution is 6.26. The Bertz CT molecular complexity index is 1070. The number of hydrogen-bond donors (Lipinski definition) is 1. The van der Waals surface area contributed by atoms with Gasteiger partial charge in [-0.15, -0.1) is 11.6 Å². The largest absolute Gasteiger partial charge is 0.509 e. The van der Waals surface area contributed by atoms with Crippen molar-refractivity contribution in [1.29, 1.82) is 0 Å². The molecule has 4 aliphatic carbocycles. The lowest BCUT2D eigenvalue weighted by molar-refractivity contribution is -0.185.